The molecule has 0 heterocycles. The van der Waals surface area contributed by atoms with Gasteiger partial charge in [-0.05, 0) is 172 Å². The first-order chi connectivity index (χ1) is 13.6. The van der Waals surface area contributed by atoms with E-state index in [2.05, 4.69) is 153 Å². The van der Waals surface area contributed by atoms with Gasteiger partial charge in [-0.1, -0.05) is 34.8 Å². The highest BCUT2D eigenvalue weighted by Gasteiger charge is 2.11. The van der Waals surface area contributed by atoms with Crippen LogP contribution in [0.25, 0.3) is 0 Å². The molecule has 0 amide bonds. The maximum Gasteiger partial charge on any atom is 0.336 e. The van der Waals surface area contributed by atoms with Crippen LogP contribution >= 0.6 is 192 Å². The highest BCUT2D eigenvalue weighted by molar-refractivity contribution is 14.1. The van der Waals surface area contributed by atoms with E-state index in [4.69, 9.17) is 44.1 Å². The van der Waals surface area contributed by atoms with Crippen LogP contribution in [-0.4, -0.2) is 19.6 Å². The summed E-state index contributed by atoms with van der Waals surface area (Å²) in [4.78, 5) is 10.7. The van der Waals surface area contributed by atoms with Gasteiger partial charge in [-0.3, -0.25) is 0 Å². The number of carbonyl (C=O) groups is 1. The van der Waals surface area contributed by atoms with Gasteiger partial charge in [-0.15, -0.1) is 0 Å². The zero-order chi connectivity index (χ0) is 24.2. The number of alkyl halides is 3. The highest BCUT2D eigenvalue weighted by atomic mass is 127. The summed E-state index contributed by atoms with van der Waals surface area (Å²) < 4.78 is 15.1. The van der Waals surface area contributed by atoms with Gasteiger partial charge in [-0.2, -0.15) is 0 Å². The van der Waals surface area contributed by atoms with Crippen molar-refractivity contribution >= 4 is 207 Å². The Hall–Kier alpha value is 3.89. The van der Waals surface area contributed by atoms with Crippen LogP contribution in [-0.2, 0) is 9.23 Å². The molecule has 0 aliphatic carbocycles. The Labute approximate surface area is 283 Å². The standard InChI is InChI=1S/C7H3I3O2.C7H5I3.CHCl3.Cl2OS/c8-3-1-4(7(11)12)6(10)5(9)2-3;1-4-2-5(8)3-6(9)7(4)10;2-1(3)4;1-4(2)3/h1-2H,(H,11,12);2-3H,1H3;1H;. The molecule has 0 saturated heterocycles. The van der Waals surface area contributed by atoms with E-state index in [1.54, 1.807) is 6.07 Å². The first-order valence-corrected chi connectivity index (χ1v) is 17.3. The second kappa shape index (κ2) is 20.0. The molecule has 170 valence electrons. The van der Waals surface area contributed by atoms with Crippen LogP contribution in [0, 0.1) is 28.3 Å². The summed E-state index contributed by atoms with van der Waals surface area (Å²) in [5, 5.41) is 8.80. The zero-order valence-corrected chi connectivity index (χ0v) is 31.8. The molecular weight excluding hydrogens is 1200 g/mol. The Balaban J connectivity index is 0. The molecule has 0 bridgehead atoms. The van der Waals surface area contributed by atoms with Crippen LogP contribution in [0.3, 0.4) is 0 Å². The number of carboxylic acids is 1. The lowest BCUT2D eigenvalue weighted by atomic mass is 10.2. The average molecular weight is 1210 g/mol. The molecule has 30 heavy (non-hydrogen) atoms. The van der Waals surface area contributed by atoms with Gasteiger partial charge in [0.2, 0.25) is 9.23 Å². The van der Waals surface area contributed by atoms with Gasteiger partial charge in [0.05, 0.1) is 5.56 Å². The van der Waals surface area contributed by atoms with E-state index in [1.807, 2.05) is 28.7 Å². The molecule has 0 radical (unpaired) electrons. The van der Waals surface area contributed by atoms with Crippen LogP contribution in [0.2, 0.25) is 0 Å². The smallest absolute Gasteiger partial charge is 0.336 e. The minimum absolute atomic E-state index is 0.381. The molecule has 0 spiro atoms. The van der Waals surface area contributed by atoms with E-state index >= 15 is 0 Å². The van der Waals surface area contributed by atoms with Gasteiger partial charge >= 0.3 is 5.97 Å². The van der Waals surface area contributed by atoms with Crippen molar-refractivity contribution in [3.8, 4) is 0 Å². The van der Waals surface area contributed by atoms with Gasteiger partial charge < -0.3 is 5.11 Å². The summed E-state index contributed by atoms with van der Waals surface area (Å²) in [6.45, 7) is 2.14. The van der Waals surface area contributed by atoms with Crippen molar-refractivity contribution in [3.05, 3.63) is 56.8 Å². The molecule has 2 aromatic rings. The molecule has 0 unspecified atom stereocenters. The normalized spacial score (nSPS) is 9.67. The van der Waals surface area contributed by atoms with Crippen LogP contribution in [0.5, 0.6) is 0 Å². The minimum atomic E-state index is -1.67. The Morgan fingerprint density at radius 3 is 1.53 bits per heavy atom. The number of rotatable bonds is 1. The lowest BCUT2D eigenvalue weighted by Crippen LogP contribution is -2.01. The molecule has 2 rings (SSSR count). The predicted octanol–water partition coefficient (Wildman–Crippen LogP) is 10.0. The fraction of sp³-hybridized carbons (Fsp3) is 0.133. The summed E-state index contributed by atoms with van der Waals surface area (Å²) in [6, 6.07) is 8.02. The minimum Gasteiger partial charge on any atom is -0.478 e. The first-order valence-electron chi connectivity index (χ1n) is 6.75. The summed E-state index contributed by atoms with van der Waals surface area (Å²) in [5.74, 6) is -0.865. The molecule has 0 aliphatic rings. The van der Waals surface area contributed by atoms with E-state index in [0.29, 0.717) is 5.56 Å². The molecule has 0 aromatic heterocycles. The molecular formula is C15H9Cl5I6O3S. The molecule has 3 nitrogen and oxygen atoms in total. The monoisotopic (exact) mass is 1210 g/mol. The molecule has 1 N–H and O–H groups in total. The maximum absolute atomic E-state index is 10.7. The fourth-order valence-electron chi connectivity index (χ4n) is 1.40. The van der Waals surface area contributed by atoms with Gasteiger partial charge in [0.15, 0.2) is 4.30 Å². The van der Waals surface area contributed by atoms with Crippen molar-refractivity contribution < 1.29 is 14.1 Å². The van der Waals surface area contributed by atoms with E-state index in [0.717, 1.165) is 10.7 Å². The third kappa shape index (κ3) is 19.1. The van der Waals surface area contributed by atoms with Gasteiger partial charge in [0.25, 0.3) is 0 Å². The van der Waals surface area contributed by atoms with E-state index in [9.17, 15) is 4.79 Å². The third-order valence-electron chi connectivity index (χ3n) is 2.40. The van der Waals surface area contributed by atoms with Gasteiger partial charge in [-0.25, -0.2) is 9.00 Å². The van der Waals surface area contributed by atoms with Crippen LogP contribution < -0.4 is 0 Å². The molecule has 2 aromatic carbocycles. The molecule has 0 aliphatic heterocycles. The Bertz CT molecular complexity index is 843. The number of aryl methyl sites for hydroxylation is 1. The van der Waals surface area contributed by atoms with Crippen LogP contribution in [0.1, 0.15) is 15.9 Å². The topological polar surface area (TPSA) is 54.4 Å². The second-order valence-corrected chi connectivity index (χ2v) is 16.0. The number of halogens is 11. The molecule has 0 atom stereocenters. The Morgan fingerprint density at radius 1 is 0.867 bits per heavy atom. The van der Waals surface area contributed by atoms with Crippen molar-refractivity contribution in [2.75, 3.05) is 0 Å². The highest BCUT2D eigenvalue weighted by Crippen LogP contribution is 2.23. The quantitative estimate of drug-likeness (QED) is 0.134. The zero-order valence-electron chi connectivity index (χ0n) is 14.2. The van der Waals surface area contributed by atoms with Crippen molar-refractivity contribution in [1.82, 2.24) is 0 Å². The Morgan fingerprint density at radius 2 is 1.20 bits per heavy atom. The molecule has 0 saturated carbocycles. The average Bonchev–Trinajstić information content (AvgIpc) is 2.55. The van der Waals surface area contributed by atoms with Crippen LogP contribution in [0.15, 0.2) is 24.3 Å². The summed E-state index contributed by atoms with van der Waals surface area (Å²) >= 11 is 27.8. The van der Waals surface area contributed by atoms with Crippen molar-refractivity contribution in [2.24, 2.45) is 0 Å². The predicted molar refractivity (Wildman–Crippen MR) is 182 cm³/mol. The van der Waals surface area contributed by atoms with Crippen molar-refractivity contribution in [3.63, 3.8) is 0 Å². The number of aromatic carboxylic acids is 1. The number of benzene rings is 2. The number of carboxylic acid groups (broad SMARTS) is 1. The lowest BCUT2D eigenvalue weighted by molar-refractivity contribution is 0.0695. The number of hydrogen-bond acceptors (Lipinski definition) is 2. The molecule has 0 fully saturated rings. The maximum atomic E-state index is 10.7. The van der Waals surface area contributed by atoms with Crippen LogP contribution in [0.4, 0.5) is 0 Å². The third-order valence-corrected chi connectivity index (χ3v) is 10.0. The SMILES string of the molecule is Cc1cc(I)cc(I)c1I.ClC(Cl)Cl.O=C(O)c1cc(I)cc(I)c1I.O=S(Cl)Cl. The van der Waals surface area contributed by atoms with E-state index < -0.39 is 19.5 Å². The fourth-order valence-corrected chi connectivity index (χ4v) is 6.23. The van der Waals surface area contributed by atoms with E-state index in [-0.39, 0.29) is 0 Å². The number of hydrogen-bond donors (Lipinski definition) is 1. The summed E-state index contributed by atoms with van der Waals surface area (Å²) in [6.07, 6.45) is 0. The summed E-state index contributed by atoms with van der Waals surface area (Å²) in [5.41, 5.74) is 1.75. The van der Waals surface area contributed by atoms with Gasteiger partial charge in [0, 0.05) is 42.8 Å². The largest absolute Gasteiger partial charge is 0.478 e. The van der Waals surface area contributed by atoms with Crippen molar-refractivity contribution in [1.29, 1.82) is 0 Å². The van der Waals surface area contributed by atoms with Gasteiger partial charge in [0.1, 0.15) is 0 Å². The lowest BCUT2D eigenvalue weighted by Gasteiger charge is -2.02. The van der Waals surface area contributed by atoms with E-state index in [1.165, 1.54) is 16.3 Å². The van der Waals surface area contributed by atoms with Crippen molar-refractivity contribution in [2.45, 2.75) is 11.2 Å². The first kappa shape index (κ1) is 36.0. The Kier molecular flexibility index (Phi) is 24.0. The summed E-state index contributed by atoms with van der Waals surface area (Å²) in [7, 11) is 7.36. The molecule has 15 heteroatoms. The second-order valence-electron chi connectivity index (χ2n) is 4.50.